The Morgan fingerprint density at radius 2 is 1.77 bits per heavy atom. The van der Waals surface area contributed by atoms with Crippen molar-refractivity contribution < 1.29 is 22.4 Å². The van der Waals surface area contributed by atoms with Crippen molar-refractivity contribution in [2.24, 2.45) is 0 Å². The number of hydrogen-bond acceptors (Lipinski definition) is 7. The lowest BCUT2D eigenvalue weighted by molar-refractivity contribution is -0.137. The Balaban J connectivity index is 1.49. The normalized spacial score (nSPS) is 20.9. The number of hydrogen-bond donors (Lipinski definition) is 0. The number of amides is 1. The molecular formula is C34H38F4N8O. The summed E-state index contributed by atoms with van der Waals surface area (Å²) in [5.41, 5.74) is -0.594. The van der Waals surface area contributed by atoms with Gasteiger partial charge in [0.05, 0.1) is 23.3 Å². The molecule has 3 aliphatic rings. The molecule has 2 aliphatic heterocycles. The van der Waals surface area contributed by atoms with Crippen LogP contribution < -0.4 is 9.80 Å². The van der Waals surface area contributed by atoms with Gasteiger partial charge in [0, 0.05) is 66.2 Å². The monoisotopic (exact) mass is 650 g/mol. The van der Waals surface area contributed by atoms with Crippen molar-refractivity contribution in [3.63, 3.8) is 0 Å². The van der Waals surface area contributed by atoms with Crippen LogP contribution in [-0.2, 0) is 11.0 Å². The molecule has 0 unspecified atom stereocenters. The van der Waals surface area contributed by atoms with Crippen molar-refractivity contribution in [2.45, 2.75) is 64.0 Å². The van der Waals surface area contributed by atoms with E-state index in [2.05, 4.69) is 21.6 Å². The zero-order valence-electron chi connectivity index (χ0n) is 27.1. The number of halogens is 4. The zero-order valence-corrected chi connectivity index (χ0v) is 27.1. The third-order valence-electron chi connectivity index (χ3n) is 9.91. The van der Waals surface area contributed by atoms with Crippen LogP contribution in [0.4, 0.5) is 29.3 Å². The lowest BCUT2D eigenvalue weighted by Crippen LogP contribution is -2.59. The van der Waals surface area contributed by atoms with E-state index < -0.39 is 23.1 Å². The third kappa shape index (κ3) is 5.19. The first kappa shape index (κ1) is 31.3. The quantitative estimate of drug-likeness (QED) is 0.193. The fraction of sp³-hybridized carbons (Fsp3) is 0.471. The van der Waals surface area contributed by atoms with Crippen LogP contribution in [0.25, 0.3) is 32.9 Å². The summed E-state index contributed by atoms with van der Waals surface area (Å²) in [5.74, 6) is -0.780. The Kier molecular flexibility index (Phi) is 7.45. The molecule has 4 heterocycles. The standard InChI is InChI=1S/C34H38F4N8O/c1-7-26(47)44-14-20(4)45(15-19(44)3)32-24-12-25(34(36,37)38)28(27-18(2)8-9-21-13-39-46(31(21)27)22-10-11-22)29(35)30(24)40-33(41-32)43-16-23(17-43)42(5)6/h7-9,12-13,19-20,22-23H,1,10-11,14-17H2,2-6H3/t19-,20+/m1/s1. The van der Waals surface area contributed by atoms with E-state index in [1.54, 1.807) is 28.8 Å². The van der Waals surface area contributed by atoms with Crippen LogP contribution in [0.15, 0.2) is 37.1 Å². The molecule has 2 aromatic carbocycles. The van der Waals surface area contributed by atoms with E-state index in [4.69, 9.17) is 4.98 Å². The Morgan fingerprint density at radius 1 is 1.04 bits per heavy atom. The molecule has 1 amide bonds. The number of carbonyl (C=O) groups excluding carboxylic acids is 1. The number of aryl methyl sites for hydroxylation is 1. The topological polar surface area (TPSA) is 73.6 Å². The number of likely N-dealkylation sites (N-methyl/N-ethyl adjacent to an activating group) is 1. The number of carbonyl (C=O) groups is 1. The molecule has 1 saturated carbocycles. The lowest BCUT2D eigenvalue weighted by Gasteiger charge is -2.45. The minimum atomic E-state index is -4.89. The van der Waals surface area contributed by atoms with Gasteiger partial charge in [-0.1, -0.05) is 18.7 Å². The van der Waals surface area contributed by atoms with Crippen molar-refractivity contribution in [1.82, 2.24) is 29.5 Å². The van der Waals surface area contributed by atoms with Gasteiger partial charge in [-0.2, -0.15) is 23.3 Å². The van der Waals surface area contributed by atoms with Crippen LogP contribution >= 0.6 is 0 Å². The summed E-state index contributed by atoms with van der Waals surface area (Å²) in [7, 11) is 3.95. The van der Waals surface area contributed by atoms with Gasteiger partial charge >= 0.3 is 6.18 Å². The summed E-state index contributed by atoms with van der Waals surface area (Å²) in [6.45, 7) is 10.8. The SMILES string of the molecule is C=CC(=O)N1C[C@H](C)N(c2nc(N3CC(N(C)C)C3)nc3c(F)c(-c4c(C)ccc5cnn(C6CC6)c45)c(C(F)(F)F)cc23)C[C@H]1C. The summed E-state index contributed by atoms with van der Waals surface area (Å²) < 4.78 is 64.5. The molecule has 4 aromatic rings. The van der Waals surface area contributed by atoms with Crippen LogP contribution in [-0.4, -0.2) is 93.9 Å². The van der Waals surface area contributed by atoms with Gasteiger partial charge < -0.3 is 19.6 Å². The Morgan fingerprint density at radius 3 is 2.40 bits per heavy atom. The highest BCUT2D eigenvalue weighted by Crippen LogP contribution is 2.48. The van der Waals surface area contributed by atoms with Crippen molar-refractivity contribution >= 4 is 39.5 Å². The van der Waals surface area contributed by atoms with Crippen molar-refractivity contribution in [1.29, 1.82) is 0 Å². The molecule has 2 atom stereocenters. The van der Waals surface area contributed by atoms with Gasteiger partial charge in [-0.15, -0.1) is 0 Å². The Bertz CT molecular complexity index is 1910. The maximum atomic E-state index is 17.3. The Hall–Kier alpha value is -4.26. The molecule has 0 radical (unpaired) electrons. The van der Waals surface area contributed by atoms with E-state index in [0.717, 1.165) is 18.9 Å². The zero-order chi connectivity index (χ0) is 33.5. The molecule has 0 bridgehead atoms. The first-order chi connectivity index (χ1) is 22.3. The lowest BCUT2D eigenvalue weighted by atomic mass is 9.91. The van der Waals surface area contributed by atoms with Gasteiger partial charge in [-0.3, -0.25) is 9.48 Å². The number of nitrogens with zero attached hydrogens (tertiary/aromatic N) is 8. The highest BCUT2D eigenvalue weighted by molar-refractivity contribution is 6.02. The maximum absolute atomic E-state index is 17.3. The fourth-order valence-corrected chi connectivity index (χ4v) is 6.97. The number of anilines is 2. The third-order valence-corrected chi connectivity index (χ3v) is 9.91. The molecule has 9 nitrogen and oxygen atoms in total. The summed E-state index contributed by atoms with van der Waals surface area (Å²) in [4.78, 5) is 29.6. The first-order valence-electron chi connectivity index (χ1n) is 16.0. The van der Waals surface area contributed by atoms with Gasteiger partial charge in [-0.25, -0.2) is 9.37 Å². The molecule has 3 fully saturated rings. The number of aromatic nitrogens is 4. The molecule has 13 heteroatoms. The van der Waals surface area contributed by atoms with Gasteiger partial charge in [-0.05, 0) is 65.4 Å². The van der Waals surface area contributed by atoms with Crippen molar-refractivity contribution in [3.05, 3.63) is 54.0 Å². The minimum absolute atomic E-state index is 0.0184. The van der Waals surface area contributed by atoms with E-state index >= 15 is 17.6 Å². The van der Waals surface area contributed by atoms with Gasteiger partial charge in [0.1, 0.15) is 11.3 Å². The van der Waals surface area contributed by atoms with Crippen molar-refractivity contribution in [3.8, 4) is 11.1 Å². The second-order valence-electron chi connectivity index (χ2n) is 13.4. The largest absolute Gasteiger partial charge is 0.417 e. The molecule has 47 heavy (non-hydrogen) atoms. The van der Waals surface area contributed by atoms with Crippen LogP contribution in [0.1, 0.15) is 43.9 Å². The van der Waals surface area contributed by atoms with E-state index in [1.807, 2.05) is 43.8 Å². The number of alkyl halides is 3. The summed E-state index contributed by atoms with van der Waals surface area (Å²) in [6.07, 6.45) is -0.271. The molecule has 1 aliphatic carbocycles. The van der Waals surface area contributed by atoms with Gasteiger partial charge in [0.25, 0.3) is 0 Å². The fourth-order valence-electron chi connectivity index (χ4n) is 6.97. The molecule has 248 valence electrons. The molecule has 0 spiro atoms. The van der Waals surface area contributed by atoms with E-state index in [1.165, 1.54) is 6.08 Å². The van der Waals surface area contributed by atoms with E-state index in [-0.39, 0.29) is 64.9 Å². The second kappa shape index (κ2) is 11.2. The average molecular weight is 651 g/mol. The number of benzene rings is 2. The molecule has 2 saturated heterocycles. The summed E-state index contributed by atoms with van der Waals surface area (Å²) in [6, 6.07) is 4.23. The highest BCUT2D eigenvalue weighted by Gasteiger charge is 2.41. The molecular weight excluding hydrogens is 612 g/mol. The number of piperazine rings is 1. The van der Waals surface area contributed by atoms with Crippen LogP contribution in [0.5, 0.6) is 0 Å². The second-order valence-corrected chi connectivity index (χ2v) is 13.4. The van der Waals surface area contributed by atoms with Crippen molar-refractivity contribution in [2.75, 3.05) is 50.1 Å². The minimum Gasteiger partial charge on any atom is -0.349 e. The number of rotatable bonds is 6. The van der Waals surface area contributed by atoms with Crippen LogP contribution in [0.3, 0.4) is 0 Å². The van der Waals surface area contributed by atoms with E-state index in [9.17, 15) is 4.79 Å². The molecule has 7 rings (SSSR count). The van der Waals surface area contributed by atoms with Gasteiger partial charge in [0.15, 0.2) is 5.82 Å². The number of fused-ring (bicyclic) bond motifs is 2. The average Bonchev–Trinajstić information content (AvgIpc) is 3.75. The summed E-state index contributed by atoms with van der Waals surface area (Å²) in [5, 5.41) is 5.13. The first-order valence-corrected chi connectivity index (χ1v) is 16.0. The Labute approximate surface area is 270 Å². The maximum Gasteiger partial charge on any atom is 0.417 e. The highest BCUT2D eigenvalue weighted by atomic mass is 19.4. The molecule has 0 N–H and O–H groups in total. The summed E-state index contributed by atoms with van der Waals surface area (Å²) >= 11 is 0. The molecule has 2 aromatic heterocycles. The predicted molar refractivity (Wildman–Crippen MR) is 174 cm³/mol. The smallest absolute Gasteiger partial charge is 0.349 e. The van der Waals surface area contributed by atoms with Crippen LogP contribution in [0.2, 0.25) is 0 Å². The predicted octanol–water partition coefficient (Wildman–Crippen LogP) is 5.81. The van der Waals surface area contributed by atoms with Crippen LogP contribution in [0, 0.1) is 12.7 Å². The van der Waals surface area contributed by atoms with E-state index in [0.29, 0.717) is 36.1 Å². The van der Waals surface area contributed by atoms with Gasteiger partial charge in [0.2, 0.25) is 11.9 Å².